The Hall–Kier alpha value is -3.10. The Morgan fingerprint density at radius 2 is 1.90 bits per heavy atom. The van der Waals surface area contributed by atoms with E-state index in [0.29, 0.717) is 33.5 Å². The summed E-state index contributed by atoms with van der Waals surface area (Å²) in [5.74, 6) is 0.672. The van der Waals surface area contributed by atoms with E-state index >= 15 is 0 Å². The lowest BCUT2D eigenvalue weighted by atomic mass is 10.2. The van der Waals surface area contributed by atoms with Crippen molar-refractivity contribution in [2.75, 3.05) is 5.32 Å². The minimum atomic E-state index is -0.259. The molecule has 0 spiro atoms. The summed E-state index contributed by atoms with van der Waals surface area (Å²) in [7, 11) is 0. The number of halogens is 1. The van der Waals surface area contributed by atoms with Crippen LogP contribution in [0.15, 0.2) is 70.6 Å². The van der Waals surface area contributed by atoms with Crippen LogP contribution < -0.4 is 10.9 Å². The average molecular weight is 454 g/mol. The van der Waals surface area contributed by atoms with Crippen LogP contribution in [0.4, 0.5) is 5.69 Å². The van der Waals surface area contributed by atoms with E-state index in [-0.39, 0.29) is 17.5 Å². The van der Waals surface area contributed by atoms with E-state index in [4.69, 9.17) is 11.6 Å². The van der Waals surface area contributed by atoms with E-state index in [0.717, 1.165) is 4.90 Å². The second-order valence-corrected chi connectivity index (χ2v) is 8.62. The smallest absolute Gasteiger partial charge is 0.274 e. The van der Waals surface area contributed by atoms with Gasteiger partial charge in [0.25, 0.3) is 17.2 Å². The molecule has 4 aromatic rings. The molecule has 7 nitrogen and oxygen atoms in total. The summed E-state index contributed by atoms with van der Waals surface area (Å²) in [6, 6.07) is 16.0. The van der Waals surface area contributed by atoms with Crippen LogP contribution in [0, 0.1) is 0 Å². The van der Waals surface area contributed by atoms with Gasteiger partial charge < -0.3 is 5.32 Å². The summed E-state index contributed by atoms with van der Waals surface area (Å²) in [4.78, 5) is 34.6. The molecule has 2 heterocycles. The Morgan fingerprint density at radius 1 is 1.16 bits per heavy atom. The first-order valence-corrected chi connectivity index (χ1v) is 11.0. The maximum Gasteiger partial charge on any atom is 0.274 e. The molecule has 9 heteroatoms. The zero-order valence-electron chi connectivity index (χ0n) is 16.9. The maximum absolute atomic E-state index is 12.5. The Balaban J connectivity index is 1.42. The SMILES string of the molecule is CC(C)n1cnc2nc(CSc3ccc(NC(=O)c4ccccc4Cl)cc3)cc(=O)n21. The van der Waals surface area contributed by atoms with Gasteiger partial charge in [-0.05, 0) is 50.2 Å². The zero-order chi connectivity index (χ0) is 22.0. The number of carbonyl (C=O) groups is 1. The lowest BCUT2D eigenvalue weighted by Crippen LogP contribution is -2.22. The van der Waals surface area contributed by atoms with Crippen LogP contribution in [0.25, 0.3) is 5.78 Å². The number of benzene rings is 2. The molecule has 1 N–H and O–H groups in total. The second kappa shape index (κ2) is 8.95. The van der Waals surface area contributed by atoms with E-state index in [1.165, 1.54) is 4.52 Å². The molecular formula is C22H20ClN5O2S. The summed E-state index contributed by atoms with van der Waals surface area (Å²) in [6.45, 7) is 3.97. The highest BCUT2D eigenvalue weighted by molar-refractivity contribution is 7.98. The number of hydrogen-bond acceptors (Lipinski definition) is 5. The lowest BCUT2D eigenvalue weighted by molar-refractivity contribution is 0.102. The Labute approximate surface area is 188 Å². The molecule has 1 amide bonds. The van der Waals surface area contributed by atoms with Gasteiger partial charge in [-0.15, -0.1) is 11.8 Å². The van der Waals surface area contributed by atoms with Crippen molar-refractivity contribution in [3.05, 3.63) is 87.6 Å². The highest BCUT2D eigenvalue weighted by Gasteiger charge is 2.11. The second-order valence-electron chi connectivity index (χ2n) is 7.16. The number of aromatic nitrogens is 4. The van der Waals surface area contributed by atoms with Crippen molar-refractivity contribution in [1.29, 1.82) is 0 Å². The number of fused-ring (bicyclic) bond motifs is 1. The Morgan fingerprint density at radius 3 is 2.61 bits per heavy atom. The molecule has 0 bridgehead atoms. The normalized spacial score (nSPS) is 11.2. The number of carbonyl (C=O) groups excluding carboxylic acids is 1. The molecule has 0 fully saturated rings. The summed E-state index contributed by atoms with van der Waals surface area (Å²) in [6.07, 6.45) is 1.63. The van der Waals surface area contributed by atoms with Crippen molar-refractivity contribution in [3.8, 4) is 0 Å². The van der Waals surface area contributed by atoms with Gasteiger partial charge in [-0.3, -0.25) is 14.3 Å². The number of nitrogens with zero attached hydrogens (tertiary/aromatic N) is 4. The molecule has 158 valence electrons. The van der Waals surface area contributed by atoms with E-state index in [9.17, 15) is 9.59 Å². The standard InChI is InChI=1S/C22H20ClN5O2S/c1-14(2)27-13-24-22-26-16(11-20(29)28(22)27)12-31-17-9-7-15(8-10-17)25-21(30)18-5-3-4-6-19(18)23/h3-11,13-14H,12H2,1-2H3,(H,25,30). The van der Waals surface area contributed by atoms with Crippen LogP contribution in [0.5, 0.6) is 0 Å². The largest absolute Gasteiger partial charge is 0.322 e. The fourth-order valence-corrected chi connectivity index (χ4v) is 4.06. The highest BCUT2D eigenvalue weighted by atomic mass is 35.5. The minimum Gasteiger partial charge on any atom is -0.322 e. The number of rotatable bonds is 6. The maximum atomic E-state index is 12.5. The number of hydrogen-bond donors (Lipinski definition) is 1. The van der Waals surface area contributed by atoms with Crippen molar-refractivity contribution in [1.82, 2.24) is 19.2 Å². The zero-order valence-corrected chi connectivity index (χ0v) is 18.5. The van der Waals surface area contributed by atoms with Crippen molar-refractivity contribution in [2.24, 2.45) is 0 Å². The molecule has 0 saturated heterocycles. The van der Waals surface area contributed by atoms with Gasteiger partial charge in [0.2, 0.25) is 0 Å². The molecule has 0 radical (unpaired) electrons. The lowest BCUT2D eigenvalue weighted by Gasteiger charge is -2.09. The van der Waals surface area contributed by atoms with Crippen LogP contribution >= 0.6 is 23.4 Å². The van der Waals surface area contributed by atoms with E-state index < -0.39 is 0 Å². The Bertz CT molecular complexity index is 1300. The fraction of sp³-hybridized carbons (Fsp3) is 0.182. The Kier molecular flexibility index (Phi) is 6.11. The number of amides is 1. The molecule has 2 aromatic heterocycles. The van der Waals surface area contributed by atoms with Crippen LogP contribution in [-0.4, -0.2) is 25.1 Å². The molecule has 31 heavy (non-hydrogen) atoms. The molecule has 0 aliphatic carbocycles. The van der Waals surface area contributed by atoms with Crippen LogP contribution in [0.1, 0.15) is 35.9 Å². The van der Waals surface area contributed by atoms with Crippen molar-refractivity contribution < 1.29 is 4.79 Å². The third kappa shape index (κ3) is 4.65. The van der Waals surface area contributed by atoms with Gasteiger partial charge >= 0.3 is 0 Å². The molecule has 2 aromatic carbocycles. The summed E-state index contributed by atoms with van der Waals surface area (Å²) >= 11 is 7.63. The molecule has 0 aliphatic heterocycles. The van der Waals surface area contributed by atoms with Gasteiger partial charge in [-0.1, -0.05) is 23.7 Å². The van der Waals surface area contributed by atoms with Gasteiger partial charge in [-0.2, -0.15) is 9.50 Å². The van der Waals surface area contributed by atoms with Crippen molar-refractivity contribution >= 4 is 40.7 Å². The monoisotopic (exact) mass is 453 g/mol. The number of nitrogens with one attached hydrogen (secondary N) is 1. The predicted octanol–water partition coefficient (Wildman–Crippen LogP) is 4.67. The first-order valence-electron chi connectivity index (χ1n) is 9.67. The summed E-state index contributed by atoms with van der Waals surface area (Å²) in [5, 5.41) is 3.25. The number of thioether (sulfide) groups is 1. The van der Waals surface area contributed by atoms with Crippen LogP contribution in [0.3, 0.4) is 0 Å². The van der Waals surface area contributed by atoms with Gasteiger partial charge in [-0.25, -0.2) is 4.98 Å². The fourth-order valence-electron chi connectivity index (χ4n) is 3.05. The van der Waals surface area contributed by atoms with Crippen LogP contribution in [-0.2, 0) is 5.75 Å². The molecule has 0 atom stereocenters. The molecule has 4 rings (SSSR count). The topological polar surface area (TPSA) is 81.3 Å². The van der Waals surface area contributed by atoms with E-state index in [1.54, 1.807) is 53.1 Å². The van der Waals surface area contributed by atoms with Gasteiger partial charge in [0.15, 0.2) is 0 Å². The average Bonchev–Trinajstić information content (AvgIpc) is 3.18. The van der Waals surface area contributed by atoms with Crippen LogP contribution in [0.2, 0.25) is 5.02 Å². The first kappa shape index (κ1) is 21.1. The summed E-state index contributed by atoms with van der Waals surface area (Å²) < 4.78 is 3.24. The van der Waals surface area contributed by atoms with Gasteiger partial charge in [0.05, 0.1) is 16.3 Å². The predicted molar refractivity (Wildman–Crippen MR) is 123 cm³/mol. The van der Waals surface area contributed by atoms with E-state index in [1.807, 2.05) is 38.1 Å². The number of anilines is 1. The van der Waals surface area contributed by atoms with Gasteiger partial charge in [0, 0.05) is 28.4 Å². The molecule has 0 unspecified atom stereocenters. The van der Waals surface area contributed by atoms with E-state index in [2.05, 4.69) is 15.3 Å². The quantitative estimate of drug-likeness (QED) is 0.429. The van der Waals surface area contributed by atoms with Crippen molar-refractivity contribution in [3.63, 3.8) is 0 Å². The van der Waals surface area contributed by atoms with Crippen molar-refractivity contribution in [2.45, 2.75) is 30.5 Å². The van der Waals surface area contributed by atoms with Gasteiger partial charge in [0.1, 0.15) is 6.33 Å². The first-order chi connectivity index (χ1) is 14.9. The molecular weight excluding hydrogens is 434 g/mol. The molecule has 0 aliphatic rings. The summed E-state index contributed by atoms with van der Waals surface area (Å²) in [5.41, 5.74) is 1.62. The molecule has 0 saturated carbocycles. The minimum absolute atomic E-state index is 0.113. The third-order valence-corrected chi connectivity index (χ3v) is 5.98. The third-order valence-electron chi connectivity index (χ3n) is 4.60. The highest BCUT2D eigenvalue weighted by Crippen LogP contribution is 2.24.